The Morgan fingerprint density at radius 1 is 0.507 bits per heavy atom. The molecule has 13 rings (SSSR count). The fourth-order valence-corrected chi connectivity index (χ4v) is 11.3. The summed E-state index contributed by atoms with van der Waals surface area (Å²) < 4.78 is 2.45. The summed E-state index contributed by atoms with van der Waals surface area (Å²) in [6.45, 7) is 2.19. The quantitative estimate of drug-likeness (QED) is 0.144. The Morgan fingerprint density at radius 3 is 2.03 bits per heavy atom. The Labute approximate surface area is 404 Å². The third-order valence-electron chi connectivity index (χ3n) is 14.3. The number of hydrogen-bond donors (Lipinski definition) is 0. The van der Waals surface area contributed by atoms with E-state index in [4.69, 9.17) is 0 Å². The molecule has 4 nitrogen and oxygen atoms in total. The number of para-hydroxylation sites is 3. The molecule has 1 atom stereocenters. The summed E-state index contributed by atoms with van der Waals surface area (Å²) in [5, 5.41) is 1.34. The van der Waals surface area contributed by atoms with E-state index in [1.54, 1.807) is 0 Å². The summed E-state index contributed by atoms with van der Waals surface area (Å²) in [5.41, 5.74) is 23.0. The smallest absolute Gasteiger partial charge is 0.0633 e. The molecule has 0 spiro atoms. The molecule has 0 amide bonds. The van der Waals surface area contributed by atoms with Crippen LogP contribution in [0.25, 0.3) is 39.4 Å². The van der Waals surface area contributed by atoms with Crippen LogP contribution in [0.15, 0.2) is 237 Å². The van der Waals surface area contributed by atoms with Gasteiger partial charge in [0.1, 0.15) is 0 Å². The lowest BCUT2D eigenvalue weighted by Gasteiger charge is -2.42. The van der Waals surface area contributed by atoms with Crippen LogP contribution in [-0.4, -0.2) is 4.57 Å². The zero-order valence-electron chi connectivity index (χ0n) is 38.6. The molecule has 4 heteroatoms. The van der Waals surface area contributed by atoms with Gasteiger partial charge < -0.3 is 19.3 Å². The second kappa shape index (κ2) is 16.9. The van der Waals surface area contributed by atoms with Crippen LogP contribution in [0, 0.1) is 6.92 Å². The van der Waals surface area contributed by atoms with Crippen LogP contribution in [0.2, 0.25) is 0 Å². The Morgan fingerprint density at radius 2 is 1.19 bits per heavy atom. The van der Waals surface area contributed by atoms with Crippen LogP contribution in [0.5, 0.6) is 0 Å². The van der Waals surface area contributed by atoms with Gasteiger partial charge in [0.05, 0.1) is 22.9 Å². The summed E-state index contributed by atoms with van der Waals surface area (Å²) in [5.74, 6) is 0. The van der Waals surface area contributed by atoms with E-state index in [9.17, 15) is 0 Å². The lowest BCUT2D eigenvalue weighted by molar-refractivity contribution is 0.699. The van der Waals surface area contributed by atoms with Crippen LogP contribution < -0.4 is 14.7 Å². The Hall–Kier alpha value is -8.60. The van der Waals surface area contributed by atoms with E-state index in [2.05, 4.69) is 269 Å². The third kappa shape index (κ3) is 6.98. The average molecular weight is 887 g/mol. The summed E-state index contributed by atoms with van der Waals surface area (Å²) in [4.78, 5) is 7.49. The lowest BCUT2D eigenvalue weighted by atomic mass is 9.79. The van der Waals surface area contributed by atoms with Gasteiger partial charge >= 0.3 is 0 Å². The molecule has 0 saturated heterocycles. The fourth-order valence-electron chi connectivity index (χ4n) is 11.3. The number of rotatable bonds is 9. The summed E-state index contributed by atoms with van der Waals surface area (Å²) >= 11 is 0. The first-order valence-electron chi connectivity index (χ1n) is 24.3. The van der Waals surface area contributed by atoms with Gasteiger partial charge in [0, 0.05) is 62.0 Å². The molecule has 330 valence electrons. The van der Waals surface area contributed by atoms with Crippen molar-refractivity contribution in [1.29, 1.82) is 0 Å². The van der Waals surface area contributed by atoms with Crippen LogP contribution in [0.4, 0.5) is 45.5 Å². The number of benzene rings is 9. The van der Waals surface area contributed by atoms with Crippen molar-refractivity contribution in [3.05, 3.63) is 270 Å². The maximum atomic E-state index is 2.55. The topological polar surface area (TPSA) is 14.7 Å². The van der Waals surface area contributed by atoms with Crippen molar-refractivity contribution in [2.24, 2.45) is 0 Å². The van der Waals surface area contributed by atoms with Gasteiger partial charge in [-0.15, -0.1) is 0 Å². The minimum Gasteiger partial charge on any atom is -0.334 e. The number of aromatic nitrogens is 1. The summed E-state index contributed by atoms with van der Waals surface area (Å²) in [7, 11) is 0. The SMILES string of the molecule is Cc1cccc(N(c2ccccc2)C2CC=C3c4ccc(N(c5ccccc5)c5cccc(-n6c7c(c8ccccc86)CCC=C7)c5)cc4N(c4cccc(-c5ccccc5)c4)c4cccc2c43)c1. The van der Waals surface area contributed by atoms with Crippen LogP contribution >= 0.6 is 0 Å². The molecule has 0 bridgehead atoms. The first kappa shape index (κ1) is 40.7. The van der Waals surface area contributed by atoms with E-state index in [1.807, 2.05) is 0 Å². The first-order chi connectivity index (χ1) is 34.2. The molecule has 2 heterocycles. The average Bonchev–Trinajstić information content (AvgIpc) is 3.75. The van der Waals surface area contributed by atoms with Gasteiger partial charge in [0.2, 0.25) is 0 Å². The molecule has 9 aromatic carbocycles. The number of hydrogen-bond acceptors (Lipinski definition) is 3. The Balaban J connectivity index is 1.00. The first-order valence-corrected chi connectivity index (χ1v) is 24.3. The van der Waals surface area contributed by atoms with E-state index in [1.165, 1.54) is 78.2 Å². The van der Waals surface area contributed by atoms with Crippen molar-refractivity contribution in [3.8, 4) is 16.8 Å². The van der Waals surface area contributed by atoms with Gasteiger partial charge in [-0.2, -0.15) is 0 Å². The van der Waals surface area contributed by atoms with Gasteiger partial charge in [-0.1, -0.05) is 146 Å². The normalized spacial score (nSPS) is 14.4. The van der Waals surface area contributed by atoms with Crippen molar-refractivity contribution in [2.75, 3.05) is 14.7 Å². The molecule has 1 aliphatic heterocycles. The highest BCUT2D eigenvalue weighted by molar-refractivity contribution is 6.04. The number of anilines is 8. The number of fused-ring (bicyclic) bond motifs is 5. The minimum atomic E-state index is 0.0746. The molecule has 0 saturated carbocycles. The predicted molar refractivity (Wildman–Crippen MR) is 290 cm³/mol. The minimum absolute atomic E-state index is 0.0746. The highest BCUT2D eigenvalue weighted by atomic mass is 15.2. The number of allylic oxidation sites excluding steroid dienone is 1. The van der Waals surface area contributed by atoms with E-state index in [0.717, 1.165) is 53.4 Å². The van der Waals surface area contributed by atoms with Crippen LogP contribution in [0.3, 0.4) is 0 Å². The highest BCUT2D eigenvalue weighted by Gasteiger charge is 2.37. The molecule has 0 fully saturated rings. The molecular formula is C65H50N4. The summed E-state index contributed by atoms with van der Waals surface area (Å²) in [6.07, 6.45) is 10.1. The molecule has 69 heavy (non-hydrogen) atoms. The molecule has 2 aliphatic carbocycles. The molecular weight excluding hydrogens is 837 g/mol. The fraction of sp³-hybridized carbons (Fsp3) is 0.0769. The second-order valence-corrected chi connectivity index (χ2v) is 18.5. The lowest BCUT2D eigenvalue weighted by Crippen LogP contribution is -2.29. The molecule has 0 N–H and O–H groups in total. The second-order valence-electron chi connectivity index (χ2n) is 18.5. The number of nitrogens with zero attached hydrogens (tertiary/aromatic N) is 4. The van der Waals surface area contributed by atoms with Crippen molar-refractivity contribution >= 4 is 68.1 Å². The van der Waals surface area contributed by atoms with Gasteiger partial charge in [-0.3, -0.25) is 0 Å². The van der Waals surface area contributed by atoms with Crippen LogP contribution in [0.1, 0.15) is 52.4 Å². The van der Waals surface area contributed by atoms with Gasteiger partial charge in [0.25, 0.3) is 0 Å². The Kier molecular flexibility index (Phi) is 9.97. The Bertz CT molecular complexity index is 3620. The molecule has 1 unspecified atom stereocenters. The van der Waals surface area contributed by atoms with Gasteiger partial charge in [-0.05, 0) is 157 Å². The molecule has 1 aromatic heterocycles. The van der Waals surface area contributed by atoms with Crippen LogP contribution in [-0.2, 0) is 6.42 Å². The highest BCUT2D eigenvalue weighted by Crippen LogP contribution is 2.56. The van der Waals surface area contributed by atoms with E-state index < -0.39 is 0 Å². The largest absolute Gasteiger partial charge is 0.334 e. The van der Waals surface area contributed by atoms with E-state index >= 15 is 0 Å². The van der Waals surface area contributed by atoms with Crippen molar-refractivity contribution in [2.45, 2.75) is 32.2 Å². The predicted octanol–water partition coefficient (Wildman–Crippen LogP) is 17.5. The van der Waals surface area contributed by atoms with Crippen molar-refractivity contribution < 1.29 is 0 Å². The monoisotopic (exact) mass is 886 g/mol. The molecule has 3 aliphatic rings. The van der Waals surface area contributed by atoms with Gasteiger partial charge in [0.15, 0.2) is 0 Å². The van der Waals surface area contributed by atoms with E-state index in [0.29, 0.717) is 0 Å². The molecule has 0 radical (unpaired) electrons. The zero-order chi connectivity index (χ0) is 45.8. The zero-order valence-corrected chi connectivity index (χ0v) is 38.6. The number of aryl methyl sites for hydroxylation is 2. The summed E-state index contributed by atoms with van der Waals surface area (Å²) in [6, 6.07) is 82.6. The molecule has 10 aromatic rings. The maximum absolute atomic E-state index is 2.55. The van der Waals surface area contributed by atoms with Gasteiger partial charge in [-0.25, -0.2) is 0 Å². The van der Waals surface area contributed by atoms with Crippen molar-refractivity contribution in [3.63, 3.8) is 0 Å². The standard InChI is InChI=1S/C65H50N4/c1-45-19-15-27-50(41-45)67(49-25-9-4-10-26-49)62-40-39-58-57-38-37-54(44-64(57)69(63-36-18-33-59(62)65(58)63)51-28-16-22-47(42-51)46-20-5-2-6-21-46)66(48-23-7-3-8-24-48)52-29-17-30-53(43-52)68-60-34-13-11-31-55(60)56-32-12-14-35-61(56)68/h2-11,13-31,33-39,41-44,62H,12,32,40H2,1H3. The maximum Gasteiger partial charge on any atom is 0.0633 e. The van der Waals surface area contributed by atoms with Crippen molar-refractivity contribution in [1.82, 2.24) is 4.57 Å². The third-order valence-corrected chi connectivity index (χ3v) is 14.3. The van der Waals surface area contributed by atoms with E-state index in [-0.39, 0.29) is 6.04 Å².